The number of carbonyl (C=O) groups excluding carboxylic acids is 5. The number of nitrogens with zero attached hydrogens (tertiary/aromatic N) is 1. The summed E-state index contributed by atoms with van der Waals surface area (Å²) in [7, 11) is 0. The van der Waals surface area contributed by atoms with Crippen LogP contribution in [0.1, 0.15) is 69.9 Å². The van der Waals surface area contributed by atoms with E-state index in [9.17, 15) is 24.0 Å². The zero-order valence-electron chi connectivity index (χ0n) is 24.6. The molecule has 3 N–H and O–H groups in total. The lowest BCUT2D eigenvalue weighted by Gasteiger charge is -2.21. The summed E-state index contributed by atoms with van der Waals surface area (Å²) in [6.45, 7) is 5.78. The Balaban J connectivity index is 1.30. The van der Waals surface area contributed by atoms with E-state index in [0.29, 0.717) is 30.9 Å². The zero-order valence-corrected chi connectivity index (χ0v) is 24.6. The van der Waals surface area contributed by atoms with Crippen LogP contribution in [-0.4, -0.2) is 66.5 Å². The highest BCUT2D eigenvalue weighted by atomic mass is 16.7. The third-order valence-electron chi connectivity index (χ3n) is 6.99. The van der Waals surface area contributed by atoms with Crippen molar-refractivity contribution in [1.82, 2.24) is 21.0 Å². The van der Waals surface area contributed by atoms with Crippen molar-refractivity contribution in [2.45, 2.75) is 70.4 Å². The Morgan fingerprint density at radius 3 is 2.07 bits per heavy atom. The molecule has 12 heteroatoms. The molecule has 2 aliphatic rings. The van der Waals surface area contributed by atoms with Gasteiger partial charge in [0.25, 0.3) is 11.8 Å². The monoisotopic (exact) mass is 594 g/mol. The predicted octanol–water partition coefficient (Wildman–Crippen LogP) is 4.38. The number of hydrogen-bond acceptors (Lipinski definition) is 8. The van der Waals surface area contributed by atoms with Crippen molar-refractivity contribution >= 4 is 30.1 Å². The first-order valence-electron chi connectivity index (χ1n) is 14.4. The summed E-state index contributed by atoms with van der Waals surface area (Å²) in [4.78, 5) is 65.5. The minimum atomic E-state index is -0.991. The van der Waals surface area contributed by atoms with Crippen LogP contribution in [0.25, 0.3) is 11.1 Å². The first kappa shape index (κ1) is 31.3. The summed E-state index contributed by atoms with van der Waals surface area (Å²) in [5.74, 6) is -1.30. The van der Waals surface area contributed by atoms with Gasteiger partial charge in [0.1, 0.15) is 12.2 Å². The van der Waals surface area contributed by atoms with Gasteiger partial charge in [0, 0.05) is 37.9 Å². The number of carbonyl (C=O) groups is 5. The number of benzene rings is 2. The second-order valence-corrected chi connectivity index (χ2v) is 11.4. The lowest BCUT2D eigenvalue weighted by atomic mass is 9.98. The van der Waals surface area contributed by atoms with E-state index in [1.165, 1.54) is 0 Å². The van der Waals surface area contributed by atoms with Crippen LogP contribution >= 0.6 is 0 Å². The van der Waals surface area contributed by atoms with Gasteiger partial charge in [0.15, 0.2) is 0 Å². The molecular weight excluding hydrogens is 556 g/mol. The van der Waals surface area contributed by atoms with E-state index in [1.54, 1.807) is 20.8 Å². The minimum Gasteiger partial charge on any atom is -0.449 e. The normalized spacial score (nSPS) is 14.9. The number of hydroxylamine groups is 2. The number of imide groups is 1. The molecule has 5 amide bonds. The van der Waals surface area contributed by atoms with Gasteiger partial charge in [0.2, 0.25) is 0 Å². The van der Waals surface area contributed by atoms with Gasteiger partial charge in [-0.25, -0.2) is 14.4 Å². The van der Waals surface area contributed by atoms with Crippen LogP contribution < -0.4 is 16.0 Å². The lowest BCUT2D eigenvalue weighted by molar-refractivity contribution is -0.171. The molecule has 0 radical (unpaired) electrons. The Hall–Kier alpha value is -4.61. The molecule has 1 atom stereocenters. The van der Waals surface area contributed by atoms with Crippen molar-refractivity contribution in [2.24, 2.45) is 0 Å². The van der Waals surface area contributed by atoms with Crippen LogP contribution in [0, 0.1) is 0 Å². The number of ether oxygens (including phenoxy) is 2. The third-order valence-corrected chi connectivity index (χ3v) is 6.99. The van der Waals surface area contributed by atoms with Crippen LogP contribution in [0.5, 0.6) is 0 Å². The molecule has 0 unspecified atom stereocenters. The highest BCUT2D eigenvalue weighted by molar-refractivity contribution is 6.01. The average Bonchev–Trinajstić information content (AvgIpc) is 3.45. The molecule has 2 aromatic carbocycles. The first-order valence-corrected chi connectivity index (χ1v) is 14.4. The van der Waals surface area contributed by atoms with Crippen LogP contribution in [0.3, 0.4) is 0 Å². The second kappa shape index (κ2) is 14.0. The number of hydrogen-bond donors (Lipinski definition) is 3. The predicted molar refractivity (Wildman–Crippen MR) is 156 cm³/mol. The maximum Gasteiger partial charge on any atom is 0.432 e. The SMILES string of the molecule is CC(C)(C)OC(=O)NCCCC[C@@H](CNC(=O)ON1C(=O)CCC1=O)NC(=O)OCC1c2ccccc2-c2ccccc21. The quantitative estimate of drug-likeness (QED) is 0.256. The fourth-order valence-corrected chi connectivity index (χ4v) is 5.03. The summed E-state index contributed by atoms with van der Waals surface area (Å²) in [5, 5.41) is 8.43. The maximum atomic E-state index is 12.9. The molecular formula is C31H38N4O8. The number of alkyl carbamates (subject to hydrolysis) is 2. The van der Waals surface area contributed by atoms with Crippen LogP contribution in [-0.2, 0) is 23.9 Å². The highest BCUT2D eigenvalue weighted by Crippen LogP contribution is 2.44. The fourth-order valence-electron chi connectivity index (χ4n) is 5.03. The number of fused-ring (bicyclic) bond motifs is 3. The van der Waals surface area contributed by atoms with Crippen molar-refractivity contribution in [1.29, 1.82) is 0 Å². The van der Waals surface area contributed by atoms with E-state index in [1.807, 2.05) is 36.4 Å². The molecule has 12 nitrogen and oxygen atoms in total. The smallest absolute Gasteiger partial charge is 0.432 e. The molecule has 2 aromatic rings. The molecule has 230 valence electrons. The summed E-state index contributed by atoms with van der Waals surface area (Å²) >= 11 is 0. The minimum absolute atomic E-state index is 0.0184. The number of unbranched alkanes of at least 4 members (excludes halogenated alkanes) is 1. The molecule has 1 heterocycles. The van der Waals surface area contributed by atoms with Gasteiger partial charge in [-0.15, -0.1) is 5.06 Å². The van der Waals surface area contributed by atoms with Crippen LogP contribution in [0.2, 0.25) is 0 Å². The number of rotatable bonds is 11. The number of amides is 5. The molecule has 1 aliphatic heterocycles. The van der Waals surface area contributed by atoms with Gasteiger partial charge in [-0.05, 0) is 62.3 Å². The lowest BCUT2D eigenvalue weighted by Crippen LogP contribution is -2.46. The van der Waals surface area contributed by atoms with Crippen LogP contribution in [0.4, 0.5) is 14.4 Å². The Morgan fingerprint density at radius 2 is 1.47 bits per heavy atom. The molecule has 0 saturated carbocycles. The van der Waals surface area contributed by atoms with Crippen molar-refractivity contribution in [3.63, 3.8) is 0 Å². The molecule has 1 saturated heterocycles. The van der Waals surface area contributed by atoms with E-state index in [2.05, 4.69) is 28.1 Å². The number of nitrogens with one attached hydrogen (secondary N) is 3. The highest BCUT2D eigenvalue weighted by Gasteiger charge is 2.33. The van der Waals surface area contributed by atoms with Gasteiger partial charge in [-0.3, -0.25) is 9.59 Å². The maximum absolute atomic E-state index is 12.9. The molecule has 4 rings (SSSR count). The topological polar surface area (TPSA) is 152 Å². The van der Waals surface area contributed by atoms with Crippen molar-refractivity contribution in [3.05, 3.63) is 59.7 Å². The van der Waals surface area contributed by atoms with Gasteiger partial charge in [0.05, 0.1) is 0 Å². The fraction of sp³-hybridized carbons (Fsp3) is 0.452. The van der Waals surface area contributed by atoms with E-state index in [4.69, 9.17) is 14.3 Å². The second-order valence-electron chi connectivity index (χ2n) is 11.4. The Kier molecular flexibility index (Phi) is 10.2. The van der Waals surface area contributed by atoms with Crippen molar-refractivity contribution < 1.29 is 38.3 Å². The Bertz CT molecular complexity index is 1290. The molecule has 0 bridgehead atoms. The van der Waals surface area contributed by atoms with Crippen molar-refractivity contribution in [2.75, 3.05) is 19.7 Å². The summed E-state index contributed by atoms with van der Waals surface area (Å²) < 4.78 is 10.9. The van der Waals surface area contributed by atoms with Crippen LogP contribution in [0.15, 0.2) is 48.5 Å². The van der Waals surface area contributed by atoms with E-state index >= 15 is 0 Å². The summed E-state index contributed by atoms with van der Waals surface area (Å²) in [6, 6.07) is 15.5. The average molecular weight is 595 g/mol. The Labute approximate surface area is 250 Å². The largest absolute Gasteiger partial charge is 0.449 e. The van der Waals surface area contributed by atoms with Gasteiger partial charge in [-0.1, -0.05) is 48.5 Å². The standard InChI is InChI=1S/C31H38N4O8/c1-31(2,3)42-28(38)32-17-9-8-10-20(18-33-29(39)43-35-26(36)15-16-27(35)37)34-30(40)41-19-25-23-13-6-4-11-21(23)22-12-5-7-14-24(22)25/h4-7,11-14,20,25H,8-10,15-19H2,1-3H3,(H,32,38)(H,33,39)(H,34,40)/t20-/m0/s1. The van der Waals surface area contributed by atoms with E-state index in [0.717, 1.165) is 22.3 Å². The Morgan fingerprint density at radius 1 is 0.860 bits per heavy atom. The zero-order chi connectivity index (χ0) is 31.0. The van der Waals surface area contributed by atoms with Crippen molar-refractivity contribution in [3.8, 4) is 11.1 Å². The van der Waals surface area contributed by atoms with Gasteiger partial charge < -0.3 is 30.3 Å². The molecule has 1 aliphatic carbocycles. The molecule has 1 fully saturated rings. The summed E-state index contributed by atoms with van der Waals surface area (Å²) in [5.41, 5.74) is 3.79. The van der Waals surface area contributed by atoms with Gasteiger partial charge >= 0.3 is 18.3 Å². The summed E-state index contributed by atoms with van der Waals surface area (Å²) in [6.07, 6.45) is -0.593. The van der Waals surface area contributed by atoms with E-state index in [-0.39, 0.29) is 31.9 Å². The molecule has 0 aromatic heterocycles. The molecule has 43 heavy (non-hydrogen) atoms. The van der Waals surface area contributed by atoms with E-state index < -0.39 is 41.7 Å². The first-order chi connectivity index (χ1) is 20.5. The third kappa shape index (κ3) is 8.69. The molecule has 0 spiro atoms. The van der Waals surface area contributed by atoms with Gasteiger partial charge in [-0.2, -0.15) is 0 Å².